The lowest BCUT2D eigenvalue weighted by Crippen LogP contribution is -2.15. The highest BCUT2D eigenvalue weighted by Crippen LogP contribution is 2.35. The van der Waals surface area contributed by atoms with Gasteiger partial charge >= 0.3 is 0 Å². The van der Waals surface area contributed by atoms with Crippen LogP contribution >= 0.6 is 11.3 Å². The lowest BCUT2D eigenvalue weighted by Gasteiger charge is -2.18. The minimum atomic E-state index is 0.593. The van der Waals surface area contributed by atoms with Gasteiger partial charge in [-0.1, -0.05) is 12.1 Å². The number of hydrogen-bond acceptors (Lipinski definition) is 5. The topological polar surface area (TPSA) is 40.6 Å². The second-order valence-corrected chi connectivity index (χ2v) is 6.45. The van der Waals surface area contributed by atoms with Crippen molar-refractivity contribution in [3.05, 3.63) is 58.4 Å². The van der Waals surface area contributed by atoms with Gasteiger partial charge in [-0.05, 0) is 35.9 Å². The summed E-state index contributed by atoms with van der Waals surface area (Å²) in [5.41, 5.74) is 3.25. The number of methoxy groups -OCH3 is 1. The van der Waals surface area contributed by atoms with Crippen LogP contribution in [0.5, 0.6) is 17.2 Å². The van der Waals surface area contributed by atoms with E-state index in [0.717, 1.165) is 39.9 Å². The minimum absolute atomic E-state index is 0.593. The summed E-state index contributed by atoms with van der Waals surface area (Å²) in [6.45, 7) is 1.20. The van der Waals surface area contributed by atoms with Gasteiger partial charge in [-0.15, -0.1) is 11.3 Å². The molecular weight excluding hydrogens is 322 g/mol. The van der Waals surface area contributed by atoms with Crippen LogP contribution in [0.4, 0.5) is 0 Å². The number of rotatable bonds is 4. The molecule has 24 heavy (non-hydrogen) atoms. The molecule has 1 aliphatic heterocycles. The first kappa shape index (κ1) is 15.0. The zero-order valence-electron chi connectivity index (χ0n) is 13.3. The molecule has 3 aromatic rings. The number of hydrogen-bond donors (Lipinski definition) is 0. The van der Waals surface area contributed by atoms with Crippen molar-refractivity contribution in [2.75, 3.05) is 20.3 Å². The van der Waals surface area contributed by atoms with E-state index in [9.17, 15) is 0 Å². The van der Waals surface area contributed by atoms with Gasteiger partial charge in [0, 0.05) is 17.4 Å². The first-order chi connectivity index (χ1) is 11.8. The van der Waals surface area contributed by atoms with Crippen molar-refractivity contribution < 1.29 is 14.2 Å². The van der Waals surface area contributed by atoms with Gasteiger partial charge < -0.3 is 14.2 Å². The molecule has 0 unspecified atom stereocenters. The van der Waals surface area contributed by atoms with Crippen LogP contribution < -0.4 is 14.2 Å². The van der Waals surface area contributed by atoms with E-state index in [2.05, 4.69) is 17.5 Å². The fourth-order valence-corrected chi connectivity index (χ4v) is 3.48. The summed E-state index contributed by atoms with van der Waals surface area (Å²) in [7, 11) is 1.68. The van der Waals surface area contributed by atoms with Gasteiger partial charge in [0.1, 0.15) is 19.0 Å². The van der Waals surface area contributed by atoms with E-state index in [1.54, 1.807) is 18.4 Å². The molecule has 1 aromatic heterocycles. The molecule has 0 saturated heterocycles. The van der Waals surface area contributed by atoms with Crippen molar-refractivity contribution in [3.8, 4) is 28.5 Å². The standard InChI is InChI=1S/C19H17NO3S/c1-21-15-5-2-13(3-6-15)10-19-20-16(12-24-19)14-4-7-17-18(11-14)23-9-8-22-17/h2-7,11-12H,8-10H2,1H3. The van der Waals surface area contributed by atoms with Crippen molar-refractivity contribution in [3.63, 3.8) is 0 Å². The molecule has 0 spiro atoms. The van der Waals surface area contributed by atoms with Crippen molar-refractivity contribution >= 4 is 11.3 Å². The number of ether oxygens (including phenoxy) is 3. The van der Waals surface area contributed by atoms with Crippen LogP contribution in [0.25, 0.3) is 11.3 Å². The molecule has 2 heterocycles. The van der Waals surface area contributed by atoms with Crippen LogP contribution in [-0.2, 0) is 6.42 Å². The average Bonchev–Trinajstić information content (AvgIpc) is 3.10. The molecule has 2 aromatic carbocycles. The summed E-state index contributed by atoms with van der Waals surface area (Å²) in [4.78, 5) is 4.76. The molecule has 0 N–H and O–H groups in total. The third kappa shape index (κ3) is 3.08. The average molecular weight is 339 g/mol. The molecule has 122 valence electrons. The Balaban J connectivity index is 1.53. The monoisotopic (exact) mass is 339 g/mol. The van der Waals surface area contributed by atoms with E-state index in [0.29, 0.717) is 13.2 Å². The lowest BCUT2D eigenvalue weighted by molar-refractivity contribution is 0.171. The predicted octanol–water partition coefficient (Wildman–Crippen LogP) is 4.18. The van der Waals surface area contributed by atoms with E-state index in [1.807, 2.05) is 30.3 Å². The Labute approximate surface area is 144 Å². The Morgan fingerprint density at radius 3 is 2.62 bits per heavy atom. The van der Waals surface area contributed by atoms with E-state index >= 15 is 0 Å². The Kier molecular flexibility index (Phi) is 4.09. The van der Waals surface area contributed by atoms with Gasteiger partial charge in [-0.2, -0.15) is 0 Å². The molecule has 0 saturated carbocycles. The highest BCUT2D eigenvalue weighted by atomic mass is 32.1. The Morgan fingerprint density at radius 2 is 1.83 bits per heavy atom. The molecule has 1 aliphatic rings. The van der Waals surface area contributed by atoms with Crippen molar-refractivity contribution in [1.82, 2.24) is 4.98 Å². The SMILES string of the molecule is COc1ccc(Cc2nc(-c3ccc4c(c3)OCCO4)cs2)cc1. The summed E-state index contributed by atoms with van der Waals surface area (Å²) < 4.78 is 16.4. The maximum absolute atomic E-state index is 5.65. The van der Waals surface area contributed by atoms with E-state index in [1.165, 1.54) is 5.56 Å². The van der Waals surface area contributed by atoms with Crippen molar-refractivity contribution in [1.29, 1.82) is 0 Å². The zero-order valence-corrected chi connectivity index (χ0v) is 14.1. The first-order valence-corrected chi connectivity index (χ1v) is 8.67. The third-order valence-corrected chi connectivity index (χ3v) is 4.75. The maximum atomic E-state index is 5.65. The van der Waals surface area contributed by atoms with E-state index < -0.39 is 0 Å². The summed E-state index contributed by atoms with van der Waals surface area (Å²) in [6.07, 6.45) is 0.819. The third-order valence-electron chi connectivity index (χ3n) is 3.90. The highest BCUT2D eigenvalue weighted by molar-refractivity contribution is 7.10. The van der Waals surface area contributed by atoms with Crippen LogP contribution in [0.15, 0.2) is 47.8 Å². The van der Waals surface area contributed by atoms with Gasteiger partial charge in [-0.25, -0.2) is 4.98 Å². The quantitative estimate of drug-likeness (QED) is 0.715. The Bertz CT molecular complexity index is 842. The van der Waals surface area contributed by atoms with E-state index in [-0.39, 0.29) is 0 Å². The highest BCUT2D eigenvalue weighted by Gasteiger charge is 2.14. The fraction of sp³-hybridized carbons (Fsp3) is 0.211. The smallest absolute Gasteiger partial charge is 0.162 e. The zero-order chi connectivity index (χ0) is 16.4. The van der Waals surface area contributed by atoms with Crippen LogP contribution in [0.2, 0.25) is 0 Å². The Morgan fingerprint density at radius 1 is 1.04 bits per heavy atom. The lowest BCUT2D eigenvalue weighted by atomic mass is 10.1. The summed E-state index contributed by atoms with van der Waals surface area (Å²) in [5.74, 6) is 2.47. The normalized spacial score (nSPS) is 12.9. The number of thiazole rings is 1. The molecule has 0 bridgehead atoms. The number of nitrogens with zero attached hydrogens (tertiary/aromatic N) is 1. The molecular formula is C19H17NO3S. The molecule has 0 atom stereocenters. The van der Waals surface area contributed by atoms with Gasteiger partial charge in [0.25, 0.3) is 0 Å². The van der Waals surface area contributed by atoms with Crippen LogP contribution in [0.3, 0.4) is 0 Å². The van der Waals surface area contributed by atoms with Crippen molar-refractivity contribution in [2.24, 2.45) is 0 Å². The second-order valence-electron chi connectivity index (χ2n) is 5.51. The fourth-order valence-electron chi connectivity index (χ4n) is 2.65. The molecule has 0 fully saturated rings. The van der Waals surface area contributed by atoms with Crippen molar-refractivity contribution in [2.45, 2.75) is 6.42 Å². The predicted molar refractivity (Wildman–Crippen MR) is 94.3 cm³/mol. The molecule has 4 rings (SSSR count). The molecule has 0 radical (unpaired) electrons. The number of fused-ring (bicyclic) bond motifs is 1. The Hall–Kier alpha value is -2.53. The molecule has 0 amide bonds. The van der Waals surface area contributed by atoms with Gasteiger partial charge in [-0.3, -0.25) is 0 Å². The molecule has 4 nitrogen and oxygen atoms in total. The van der Waals surface area contributed by atoms with Gasteiger partial charge in [0.2, 0.25) is 0 Å². The van der Waals surface area contributed by atoms with Gasteiger partial charge in [0.05, 0.1) is 17.8 Å². The summed E-state index contributed by atoms with van der Waals surface area (Å²) in [5, 5.41) is 3.18. The number of aromatic nitrogens is 1. The van der Waals surface area contributed by atoms with Crippen LogP contribution in [0.1, 0.15) is 10.6 Å². The van der Waals surface area contributed by atoms with E-state index in [4.69, 9.17) is 19.2 Å². The molecule has 0 aliphatic carbocycles. The van der Waals surface area contributed by atoms with Gasteiger partial charge in [0.15, 0.2) is 11.5 Å². The van der Waals surface area contributed by atoms with Crippen LogP contribution in [0, 0.1) is 0 Å². The molecule has 5 heteroatoms. The summed E-state index contributed by atoms with van der Waals surface area (Å²) >= 11 is 1.67. The maximum Gasteiger partial charge on any atom is 0.162 e. The van der Waals surface area contributed by atoms with Crippen LogP contribution in [-0.4, -0.2) is 25.3 Å². The first-order valence-electron chi connectivity index (χ1n) is 7.79. The minimum Gasteiger partial charge on any atom is -0.497 e. The number of benzene rings is 2. The second kappa shape index (κ2) is 6.53. The summed E-state index contributed by atoms with van der Waals surface area (Å²) in [6, 6.07) is 14.1. The largest absolute Gasteiger partial charge is 0.497 e.